The molecule has 2 aliphatic heterocycles. The van der Waals surface area contributed by atoms with Gasteiger partial charge in [-0.2, -0.15) is 0 Å². The van der Waals surface area contributed by atoms with E-state index in [0.717, 1.165) is 50.0 Å². The number of nitrogens with one attached hydrogen (secondary N) is 2. The Morgan fingerprint density at radius 2 is 1.97 bits per heavy atom. The maximum Gasteiger partial charge on any atom is 0.243 e. The molecule has 2 heterocycles. The fraction of sp³-hybridized carbons (Fsp3) is 0.667. The number of halogens is 1. The molecule has 0 radical (unpaired) electrons. The Hall–Kier alpha value is -1.55. The lowest BCUT2D eigenvalue weighted by molar-refractivity contribution is -0.127. The minimum absolute atomic E-state index is 0. The highest BCUT2D eigenvalue weighted by atomic mass is 127. The van der Waals surface area contributed by atoms with Crippen molar-refractivity contribution >= 4 is 35.8 Å². The molecule has 32 heavy (non-hydrogen) atoms. The number of likely N-dealkylation sites (N-methyl/N-ethyl adjacent to an activating group) is 1. The Morgan fingerprint density at radius 1 is 1.19 bits per heavy atom. The van der Waals surface area contributed by atoms with Crippen molar-refractivity contribution in [1.82, 2.24) is 15.5 Å². The van der Waals surface area contributed by atoms with Gasteiger partial charge in [-0.3, -0.25) is 4.79 Å². The Morgan fingerprint density at radius 3 is 2.69 bits per heavy atom. The van der Waals surface area contributed by atoms with Gasteiger partial charge < -0.3 is 25.0 Å². The van der Waals surface area contributed by atoms with Gasteiger partial charge in [0, 0.05) is 39.2 Å². The first-order chi connectivity index (χ1) is 15.0. The number of nitrogens with zero attached hydrogens (tertiary/aromatic N) is 2. The van der Waals surface area contributed by atoms with Crippen molar-refractivity contribution in [3.63, 3.8) is 0 Å². The van der Waals surface area contributed by atoms with Crippen LogP contribution in [0.25, 0.3) is 0 Å². The van der Waals surface area contributed by atoms with Crippen LogP contribution in [0.5, 0.6) is 5.75 Å². The third kappa shape index (κ3) is 6.27. The number of fused-ring (bicyclic) bond motifs is 1. The molecule has 1 amide bonds. The Labute approximate surface area is 208 Å². The SMILES string of the molecule is CN(C)C(=O)CN=C(NCC1CCCCO1)NC1CC2(CCCC2)Oc2ccccc21.I. The van der Waals surface area contributed by atoms with Gasteiger partial charge in [0.05, 0.1) is 12.1 Å². The lowest BCUT2D eigenvalue weighted by atomic mass is 9.86. The van der Waals surface area contributed by atoms with E-state index in [4.69, 9.17) is 9.47 Å². The highest BCUT2D eigenvalue weighted by Crippen LogP contribution is 2.46. The van der Waals surface area contributed by atoms with Crippen LogP contribution in [0, 0.1) is 0 Å². The largest absolute Gasteiger partial charge is 0.487 e. The predicted octanol–water partition coefficient (Wildman–Crippen LogP) is 3.63. The van der Waals surface area contributed by atoms with Gasteiger partial charge in [0.1, 0.15) is 17.9 Å². The summed E-state index contributed by atoms with van der Waals surface area (Å²) in [6.45, 7) is 1.63. The van der Waals surface area contributed by atoms with E-state index in [1.807, 2.05) is 6.07 Å². The molecule has 8 heteroatoms. The number of rotatable bonds is 5. The van der Waals surface area contributed by atoms with E-state index < -0.39 is 0 Å². The second kappa shape index (κ2) is 11.5. The smallest absolute Gasteiger partial charge is 0.243 e. The van der Waals surface area contributed by atoms with Gasteiger partial charge in [-0.25, -0.2) is 4.99 Å². The summed E-state index contributed by atoms with van der Waals surface area (Å²) in [7, 11) is 3.51. The van der Waals surface area contributed by atoms with Crippen LogP contribution in [-0.2, 0) is 9.53 Å². The average Bonchev–Trinajstić information content (AvgIpc) is 3.23. The van der Waals surface area contributed by atoms with Crippen LogP contribution in [0.15, 0.2) is 29.3 Å². The molecule has 178 valence electrons. The molecule has 0 bridgehead atoms. The minimum Gasteiger partial charge on any atom is -0.487 e. The predicted molar refractivity (Wildman–Crippen MR) is 137 cm³/mol. The number of hydrogen-bond donors (Lipinski definition) is 2. The van der Waals surface area contributed by atoms with Crippen molar-refractivity contribution in [2.45, 2.75) is 69.1 Å². The molecule has 2 unspecified atom stereocenters. The number of benzene rings is 1. The third-order valence-electron chi connectivity index (χ3n) is 6.67. The Bertz CT molecular complexity index is 789. The van der Waals surface area contributed by atoms with Gasteiger partial charge in [-0.15, -0.1) is 24.0 Å². The zero-order chi connectivity index (χ0) is 21.7. The molecular weight excluding hydrogens is 519 g/mol. The van der Waals surface area contributed by atoms with E-state index in [1.165, 1.54) is 19.3 Å². The zero-order valence-corrected chi connectivity index (χ0v) is 21.6. The first kappa shape index (κ1) is 25.1. The van der Waals surface area contributed by atoms with Crippen LogP contribution in [0.2, 0.25) is 0 Å². The first-order valence-electron chi connectivity index (χ1n) is 11.7. The minimum atomic E-state index is -0.0942. The van der Waals surface area contributed by atoms with E-state index in [9.17, 15) is 4.79 Å². The molecule has 0 aromatic heterocycles. The molecular formula is C24H37IN4O3. The first-order valence-corrected chi connectivity index (χ1v) is 11.7. The van der Waals surface area contributed by atoms with Crippen LogP contribution in [0.1, 0.15) is 63.0 Å². The summed E-state index contributed by atoms with van der Waals surface area (Å²) in [4.78, 5) is 18.4. The molecule has 1 saturated heterocycles. The summed E-state index contributed by atoms with van der Waals surface area (Å²) in [5.41, 5.74) is 1.06. The lowest BCUT2D eigenvalue weighted by Crippen LogP contribution is -2.48. The van der Waals surface area contributed by atoms with Crippen molar-refractivity contribution in [2.24, 2.45) is 4.99 Å². The molecule has 1 aromatic carbocycles. The molecule has 2 fully saturated rings. The van der Waals surface area contributed by atoms with E-state index in [2.05, 4.69) is 33.8 Å². The molecule has 4 rings (SSSR count). The fourth-order valence-electron chi connectivity index (χ4n) is 4.86. The van der Waals surface area contributed by atoms with Crippen molar-refractivity contribution in [3.8, 4) is 5.75 Å². The second-order valence-corrected chi connectivity index (χ2v) is 9.25. The van der Waals surface area contributed by atoms with Crippen LogP contribution in [0.4, 0.5) is 0 Å². The number of amides is 1. The van der Waals surface area contributed by atoms with Crippen LogP contribution in [-0.4, -0.2) is 62.3 Å². The average molecular weight is 556 g/mol. The highest BCUT2D eigenvalue weighted by molar-refractivity contribution is 14.0. The fourth-order valence-corrected chi connectivity index (χ4v) is 4.86. The molecule has 1 aromatic rings. The van der Waals surface area contributed by atoms with Crippen molar-refractivity contribution in [1.29, 1.82) is 0 Å². The molecule has 1 saturated carbocycles. The lowest BCUT2D eigenvalue weighted by Gasteiger charge is -2.40. The number of carbonyl (C=O) groups is 1. The third-order valence-corrected chi connectivity index (χ3v) is 6.67. The Balaban J connectivity index is 0.00000289. The maximum atomic E-state index is 12.2. The van der Waals surface area contributed by atoms with E-state index in [1.54, 1.807) is 19.0 Å². The van der Waals surface area contributed by atoms with Crippen LogP contribution < -0.4 is 15.4 Å². The van der Waals surface area contributed by atoms with Gasteiger partial charge >= 0.3 is 0 Å². The number of ether oxygens (including phenoxy) is 2. The summed E-state index contributed by atoms with van der Waals surface area (Å²) in [5.74, 6) is 1.61. The number of para-hydroxylation sites is 1. The maximum absolute atomic E-state index is 12.2. The number of guanidine groups is 1. The van der Waals surface area contributed by atoms with Crippen LogP contribution in [0.3, 0.4) is 0 Å². The summed E-state index contributed by atoms with van der Waals surface area (Å²) < 4.78 is 12.4. The van der Waals surface area contributed by atoms with E-state index in [-0.39, 0.29) is 54.2 Å². The topological polar surface area (TPSA) is 75.2 Å². The molecule has 3 aliphatic rings. The monoisotopic (exact) mass is 556 g/mol. The standard InChI is InChI=1S/C24H36N4O3.HI/c1-28(2)22(29)17-26-23(25-16-18-9-5-8-14-30-18)27-20-15-24(12-6-7-13-24)31-21-11-4-3-10-19(20)21;/h3-4,10-11,18,20H,5-9,12-17H2,1-2H3,(H2,25,26,27);1H. The molecule has 2 N–H and O–H groups in total. The number of aliphatic imine (C=N–C) groups is 1. The quantitative estimate of drug-likeness (QED) is 0.329. The molecule has 7 nitrogen and oxygen atoms in total. The summed E-state index contributed by atoms with van der Waals surface area (Å²) in [6.07, 6.45) is 9.09. The molecule has 1 spiro atoms. The normalized spacial score (nSPS) is 24.1. The summed E-state index contributed by atoms with van der Waals surface area (Å²) in [5, 5.41) is 7.07. The van der Waals surface area contributed by atoms with Crippen molar-refractivity contribution in [2.75, 3.05) is 33.8 Å². The van der Waals surface area contributed by atoms with Gasteiger partial charge in [0.2, 0.25) is 5.91 Å². The zero-order valence-electron chi connectivity index (χ0n) is 19.3. The summed E-state index contributed by atoms with van der Waals surface area (Å²) >= 11 is 0. The van der Waals surface area contributed by atoms with Gasteiger partial charge in [0.25, 0.3) is 0 Å². The van der Waals surface area contributed by atoms with Crippen molar-refractivity contribution < 1.29 is 14.3 Å². The molecule has 1 aliphatic carbocycles. The van der Waals surface area contributed by atoms with Gasteiger partial charge in [-0.1, -0.05) is 18.2 Å². The summed E-state index contributed by atoms with van der Waals surface area (Å²) in [6, 6.07) is 8.38. The van der Waals surface area contributed by atoms with Crippen LogP contribution >= 0.6 is 24.0 Å². The molecule has 2 atom stereocenters. The van der Waals surface area contributed by atoms with Gasteiger partial charge in [-0.05, 0) is 51.0 Å². The van der Waals surface area contributed by atoms with E-state index >= 15 is 0 Å². The van der Waals surface area contributed by atoms with E-state index in [0.29, 0.717) is 12.5 Å². The number of hydrogen-bond acceptors (Lipinski definition) is 4. The highest BCUT2D eigenvalue weighted by Gasteiger charge is 2.43. The number of carbonyl (C=O) groups excluding carboxylic acids is 1. The van der Waals surface area contributed by atoms with Gasteiger partial charge in [0.15, 0.2) is 5.96 Å². The second-order valence-electron chi connectivity index (χ2n) is 9.25. The van der Waals surface area contributed by atoms with Crippen molar-refractivity contribution in [3.05, 3.63) is 29.8 Å². The Kier molecular flexibility index (Phi) is 9.04.